The van der Waals surface area contributed by atoms with Gasteiger partial charge in [-0.25, -0.2) is 18.5 Å². The van der Waals surface area contributed by atoms with Crippen LogP contribution < -0.4 is 25.7 Å². The molecule has 10 nitrogen and oxygen atoms in total. The first-order valence-electron chi connectivity index (χ1n) is 12.4. The van der Waals surface area contributed by atoms with Crippen molar-refractivity contribution < 1.29 is 17.9 Å². The summed E-state index contributed by atoms with van der Waals surface area (Å²) in [5, 5.41) is 8.67. The van der Waals surface area contributed by atoms with Gasteiger partial charge in [0, 0.05) is 44.5 Å². The average molecular weight is 515 g/mol. The molecule has 1 saturated carbocycles. The van der Waals surface area contributed by atoms with Crippen LogP contribution in [0, 0.1) is 0 Å². The number of nitrogens with zero attached hydrogens (tertiary/aromatic N) is 3. The predicted octanol–water partition coefficient (Wildman–Crippen LogP) is 1.92. The summed E-state index contributed by atoms with van der Waals surface area (Å²) in [4.78, 5) is 9.82. The lowest BCUT2D eigenvalue weighted by atomic mass is 9.91. The number of nitrogens with two attached hydrogens (primary N) is 2. The van der Waals surface area contributed by atoms with Crippen LogP contribution in [-0.2, 0) is 16.6 Å². The van der Waals surface area contributed by atoms with Gasteiger partial charge < -0.3 is 25.4 Å². The normalized spacial score (nSPS) is 23.1. The van der Waals surface area contributed by atoms with Gasteiger partial charge in [-0.05, 0) is 54.8 Å². The molecule has 0 amide bonds. The number of guanidine groups is 1. The molecule has 2 aromatic carbocycles. The van der Waals surface area contributed by atoms with Gasteiger partial charge in [0.2, 0.25) is 16.8 Å². The van der Waals surface area contributed by atoms with Crippen molar-refractivity contribution in [1.29, 1.82) is 0 Å². The highest BCUT2D eigenvalue weighted by atomic mass is 32.2. The Morgan fingerprint density at radius 2 is 1.72 bits per heavy atom. The van der Waals surface area contributed by atoms with Crippen LogP contribution in [0.15, 0.2) is 52.4 Å². The van der Waals surface area contributed by atoms with Gasteiger partial charge in [0.25, 0.3) is 0 Å². The lowest BCUT2D eigenvalue weighted by Gasteiger charge is -2.37. The minimum Gasteiger partial charge on any atom is -0.454 e. The van der Waals surface area contributed by atoms with Crippen molar-refractivity contribution in [3.8, 4) is 11.5 Å². The second-order valence-electron chi connectivity index (χ2n) is 9.61. The summed E-state index contributed by atoms with van der Waals surface area (Å²) in [6.45, 7) is 4.52. The molecule has 1 saturated heterocycles. The number of anilines is 1. The molecule has 2 atom stereocenters. The first-order valence-corrected chi connectivity index (χ1v) is 14.0. The molecule has 1 aliphatic carbocycles. The van der Waals surface area contributed by atoms with Gasteiger partial charge >= 0.3 is 0 Å². The third kappa shape index (κ3) is 5.92. The number of nitrogens with one attached hydrogen (secondary N) is 1. The quantitative estimate of drug-likeness (QED) is 0.407. The zero-order valence-electron chi connectivity index (χ0n) is 20.3. The monoisotopic (exact) mass is 514 g/mol. The fourth-order valence-electron chi connectivity index (χ4n) is 4.92. The zero-order valence-corrected chi connectivity index (χ0v) is 21.1. The summed E-state index contributed by atoms with van der Waals surface area (Å²) in [6, 6.07) is 12.7. The number of rotatable bonds is 5. The summed E-state index contributed by atoms with van der Waals surface area (Å²) in [5.74, 6) is 2.39. The third-order valence-electron chi connectivity index (χ3n) is 7.02. The molecule has 5 N–H and O–H groups in total. The maximum Gasteiger partial charge on any atom is 0.238 e. The van der Waals surface area contributed by atoms with E-state index < -0.39 is 10.0 Å². The van der Waals surface area contributed by atoms with E-state index in [1.165, 1.54) is 17.7 Å². The molecular weight excluding hydrogens is 480 g/mol. The Morgan fingerprint density at radius 1 is 1.00 bits per heavy atom. The lowest BCUT2D eigenvalue weighted by molar-refractivity contribution is 0.172. The number of fused-ring (bicyclic) bond motifs is 1. The molecule has 2 aromatic rings. The van der Waals surface area contributed by atoms with Crippen LogP contribution in [0.2, 0.25) is 0 Å². The standard InChI is InChI=1S/C25H34N6O4S/c26-21-3-1-2-4-22(21)29-25(28-19-6-8-20(9-7-19)36(27,32)33)31-13-11-30(12-14-31)16-18-5-10-23-24(15-18)35-17-34-23/h5-10,15,21-22H,1-4,11-14,16-17,26H2,(H,28,29)(H2,27,32,33)/t21-,22-/m0/s1. The number of benzene rings is 2. The van der Waals surface area contributed by atoms with E-state index in [1.807, 2.05) is 6.07 Å². The molecule has 5 rings (SSSR count). The highest BCUT2D eigenvalue weighted by Crippen LogP contribution is 2.33. The van der Waals surface area contributed by atoms with Crippen molar-refractivity contribution in [1.82, 2.24) is 9.80 Å². The maximum absolute atomic E-state index is 11.6. The van der Waals surface area contributed by atoms with Crippen molar-refractivity contribution >= 4 is 21.7 Å². The third-order valence-corrected chi connectivity index (χ3v) is 7.95. The van der Waals surface area contributed by atoms with Crippen molar-refractivity contribution in [2.45, 2.75) is 49.2 Å². The van der Waals surface area contributed by atoms with E-state index in [0.717, 1.165) is 81.6 Å². The first kappa shape index (κ1) is 24.8. The number of hydrogen-bond acceptors (Lipinski definition) is 7. The van der Waals surface area contributed by atoms with Gasteiger partial charge in [-0.3, -0.25) is 4.90 Å². The first-order chi connectivity index (χ1) is 17.3. The molecule has 0 aromatic heterocycles. The molecule has 0 bridgehead atoms. The molecule has 0 spiro atoms. The Balaban J connectivity index is 1.27. The number of aliphatic imine (C=N–C) groups is 1. The number of primary sulfonamides is 1. The van der Waals surface area contributed by atoms with Gasteiger partial charge in [-0.2, -0.15) is 0 Å². The summed E-state index contributed by atoms with van der Waals surface area (Å²) in [7, 11) is -3.74. The minimum atomic E-state index is -3.74. The molecule has 0 unspecified atom stereocenters. The van der Waals surface area contributed by atoms with E-state index in [1.54, 1.807) is 12.1 Å². The van der Waals surface area contributed by atoms with Crippen molar-refractivity contribution in [3.63, 3.8) is 0 Å². The summed E-state index contributed by atoms with van der Waals surface area (Å²) in [5.41, 5.74) is 8.36. The predicted molar refractivity (Wildman–Crippen MR) is 139 cm³/mol. The Bertz CT molecular complexity index is 1200. The molecule has 2 fully saturated rings. The molecule has 194 valence electrons. The summed E-state index contributed by atoms with van der Waals surface area (Å²) < 4.78 is 34.2. The van der Waals surface area contributed by atoms with E-state index in [9.17, 15) is 8.42 Å². The van der Waals surface area contributed by atoms with Crippen LogP contribution in [0.5, 0.6) is 11.5 Å². The zero-order chi connectivity index (χ0) is 25.1. The number of ether oxygens (including phenoxy) is 2. The van der Waals surface area contributed by atoms with Gasteiger partial charge in [0.15, 0.2) is 17.5 Å². The van der Waals surface area contributed by atoms with Gasteiger partial charge in [-0.1, -0.05) is 18.9 Å². The number of sulfonamides is 1. The fraction of sp³-hybridized carbons (Fsp3) is 0.480. The molecule has 2 aliphatic heterocycles. The van der Waals surface area contributed by atoms with Crippen LogP contribution in [0.4, 0.5) is 5.69 Å². The second-order valence-corrected chi connectivity index (χ2v) is 11.2. The Hall–Kier alpha value is -2.86. The number of hydrogen-bond donors (Lipinski definition) is 3. The minimum absolute atomic E-state index is 0.0487. The molecular formula is C25H34N6O4S. The highest BCUT2D eigenvalue weighted by Gasteiger charge is 2.26. The van der Waals surface area contributed by atoms with Crippen LogP contribution in [-0.4, -0.2) is 69.2 Å². The van der Waals surface area contributed by atoms with Crippen LogP contribution in [0.3, 0.4) is 0 Å². The van der Waals surface area contributed by atoms with Gasteiger partial charge in [0.05, 0.1) is 10.9 Å². The Labute approximate surface area is 212 Å². The fourth-order valence-corrected chi connectivity index (χ4v) is 5.44. The van der Waals surface area contributed by atoms with E-state index in [0.29, 0.717) is 0 Å². The van der Waals surface area contributed by atoms with Crippen LogP contribution in [0.25, 0.3) is 0 Å². The van der Waals surface area contributed by atoms with E-state index in [-0.39, 0.29) is 23.8 Å². The van der Waals surface area contributed by atoms with Crippen LogP contribution in [0.1, 0.15) is 31.2 Å². The topological polar surface area (TPSA) is 136 Å². The number of piperazine rings is 1. The highest BCUT2D eigenvalue weighted by molar-refractivity contribution is 7.89. The molecule has 0 radical (unpaired) electrons. The van der Waals surface area contributed by atoms with E-state index in [4.69, 9.17) is 25.3 Å². The molecule has 11 heteroatoms. The van der Waals surface area contributed by atoms with E-state index in [2.05, 4.69) is 27.2 Å². The smallest absolute Gasteiger partial charge is 0.238 e. The SMILES string of the molecule is N[C@H]1CCCC[C@@H]1N=C(Nc1ccc(S(N)(=O)=O)cc1)N1CCN(Cc2ccc3c(c2)OCO3)CC1. The second kappa shape index (κ2) is 10.6. The largest absolute Gasteiger partial charge is 0.454 e. The average Bonchev–Trinajstić information content (AvgIpc) is 3.33. The molecule has 2 heterocycles. The lowest BCUT2D eigenvalue weighted by Crippen LogP contribution is -2.51. The summed E-state index contributed by atoms with van der Waals surface area (Å²) in [6.07, 6.45) is 4.22. The van der Waals surface area contributed by atoms with Crippen molar-refractivity contribution in [2.75, 3.05) is 38.3 Å². The Morgan fingerprint density at radius 3 is 2.44 bits per heavy atom. The van der Waals surface area contributed by atoms with Crippen molar-refractivity contribution in [3.05, 3.63) is 48.0 Å². The maximum atomic E-state index is 11.6. The molecule has 36 heavy (non-hydrogen) atoms. The Kier molecular flexibility index (Phi) is 7.33. The van der Waals surface area contributed by atoms with Crippen molar-refractivity contribution in [2.24, 2.45) is 15.9 Å². The summed E-state index contributed by atoms with van der Waals surface area (Å²) >= 11 is 0. The van der Waals surface area contributed by atoms with Crippen LogP contribution >= 0.6 is 0 Å². The van der Waals surface area contributed by atoms with E-state index >= 15 is 0 Å². The molecule has 3 aliphatic rings. The van der Waals surface area contributed by atoms with Gasteiger partial charge in [0.1, 0.15) is 0 Å². The van der Waals surface area contributed by atoms with Gasteiger partial charge in [-0.15, -0.1) is 0 Å².